The molecule has 2 rings (SSSR count). The van der Waals surface area contributed by atoms with Gasteiger partial charge in [-0.05, 0) is 41.5 Å². The third-order valence-electron chi connectivity index (χ3n) is 5.00. The Morgan fingerprint density at radius 3 is 2.00 bits per heavy atom. The molecule has 0 heterocycles. The average molecular weight is 424 g/mol. The smallest absolute Gasteiger partial charge is 0.349 e. The standard InChI is InChI=1S/C26H30FNO3/c1-8-31-24(30)18(15-28)22(17-11-9-10-12-21(17)27)16-13-19(25(2,3)4)23(29)20(14-16)26(5,6)7/h9-14,29H,8H2,1-7H3. The third-order valence-corrected chi connectivity index (χ3v) is 5.00. The zero-order valence-corrected chi connectivity index (χ0v) is 19.3. The number of halogens is 1. The van der Waals surface area contributed by atoms with Crippen molar-refractivity contribution in [3.8, 4) is 11.8 Å². The fourth-order valence-electron chi connectivity index (χ4n) is 3.43. The van der Waals surface area contributed by atoms with Crippen LogP contribution in [0.1, 0.15) is 70.7 Å². The van der Waals surface area contributed by atoms with Gasteiger partial charge in [0.25, 0.3) is 0 Å². The van der Waals surface area contributed by atoms with Crippen molar-refractivity contribution >= 4 is 11.5 Å². The predicted molar refractivity (Wildman–Crippen MR) is 120 cm³/mol. The van der Waals surface area contributed by atoms with E-state index in [4.69, 9.17) is 4.74 Å². The highest BCUT2D eigenvalue weighted by Gasteiger charge is 2.29. The van der Waals surface area contributed by atoms with Crippen LogP contribution >= 0.6 is 0 Å². The van der Waals surface area contributed by atoms with Crippen molar-refractivity contribution in [2.75, 3.05) is 6.61 Å². The van der Waals surface area contributed by atoms with E-state index < -0.39 is 22.6 Å². The van der Waals surface area contributed by atoms with Gasteiger partial charge in [-0.2, -0.15) is 5.26 Å². The molecule has 0 unspecified atom stereocenters. The Morgan fingerprint density at radius 2 is 1.58 bits per heavy atom. The molecule has 0 spiro atoms. The first-order chi connectivity index (χ1) is 14.3. The van der Waals surface area contributed by atoms with E-state index in [0.29, 0.717) is 16.7 Å². The van der Waals surface area contributed by atoms with Crippen LogP contribution in [0.2, 0.25) is 0 Å². The largest absolute Gasteiger partial charge is 0.507 e. The molecule has 2 aromatic rings. The van der Waals surface area contributed by atoms with Gasteiger partial charge in [-0.3, -0.25) is 0 Å². The summed E-state index contributed by atoms with van der Waals surface area (Å²) in [4.78, 5) is 12.6. The van der Waals surface area contributed by atoms with E-state index in [1.807, 2.05) is 47.6 Å². The Morgan fingerprint density at radius 1 is 1.06 bits per heavy atom. The van der Waals surface area contributed by atoms with Gasteiger partial charge in [-0.1, -0.05) is 59.7 Å². The summed E-state index contributed by atoms with van der Waals surface area (Å²) in [6.45, 7) is 13.5. The van der Waals surface area contributed by atoms with Crippen LogP contribution in [0.15, 0.2) is 42.0 Å². The van der Waals surface area contributed by atoms with Crippen LogP contribution in [0, 0.1) is 17.1 Å². The highest BCUT2D eigenvalue weighted by molar-refractivity contribution is 6.05. The Bertz CT molecular complexity index is 1030. The Balaban J connectivity index is 3.05. The van der Waals surface area contributed by atoms with E-state index in [0.717, 1.165) is 0 Å². The molecule has 1 N–H and O–H groups in total. The van der Waals surface area contributed by atoms with E-state index >= 15 is 0 Å². The number of esters is 1. The van der Waals surface area contributed by atoms with E-state index in [-0.39, 0.29) is 29.1 Å². The molecule has 0 amide bonds. The summed E-state index contributed by atoms with van der Waals surface area (Å²) in [7, 11) is 0. The minimum Gasteiger partial charge on any atom is -0.507 e. The maximum Gasteiger partial charge on any atom is 0.349 e. The lowest BCUT2D eigenvalue weighted by atomic mass is 9.77. The first-order valence-corrected chi connectivity index (χ1v) is 10.3. The molecule has 4 nitrogen and oxygen atoms in total. The summed E-state index contributed by atoms with van der Waals surface area (Å²) in [5, 5.41) is 20.9. The van der Waals surface area contributed by atoms with Crippen molar-refractivity contribution < 1.29 is 19.0 Å². The second-order valence-electron chi connectivity index (χ2n) is 9.48. The molecule has 0 aliphatic heterocycles. The molecular weight excluding hydrogens is 393 g/mol. The highest BCUT2D eigenvalue weighted by atomic mass is 19.1. The molecular formula is C26H30FNO3. The second kappa shape index (κ2) is 8.93. The number of rotatable bonds is 4. The number of nitriles is 1. The monoisotopic (exact) mass is 423 g/mol. The highest BCUT2D eigenvalue weighted by Crippen LogP contribution is 2.42. The number of phenols is 1. The van der Waals surface area contributed by atoms with E-state index in [1.165, 1.54) is 12.1 Å². The fraction of sp³-hybridized carbons (Fsp3) is 0.385. The number of nitrogens with zero attached hydrogens (tertiary/aromatic N) is 1. The minimum atomic E-state index is -0.814. The molecule has 31 heavy (non-hydrogen) atoms. The third kappa shape index (κ3) is 5.14. The molecule has 164 valence electrons. The number of hydrogen-bond donors (Lipinski definition) is 1. The maximum atomic E-state index is 14.9. The van der Waals surface area contributed by atoms with Crippen LogP contribution in [0.4, 0.5) is 4.39 Å². The van der Waals surface area contributed by atoms with Gasteiger partial charge in [0.05, 0.1) is 6.61 Å². The summed E-state index contributed by atoms with van der Waals surface area (Å²) >= 11 is 0. The molecule has 0 aromatic heterocycles. The zero-order valence-electron chi connectivity index (χ0n) is 19.3. The van der Waals surface area contributed by atoms with Crippen LogP contribution in [0.25, 0.3) is 5.57 Å². The maximum absolute atomic E-state index is 14.9. The Kier molecular flexibility index (Phi) is 6.96. The van der Waals surface area contributed by atoms with E-state index in [9.17, 15) is 19.6 Å². The van der Waals surface area contributed by atoms with Gasteiger partial charge in [0.2, 0.25) is 0 Å². The van der Waals surface area contributed by atoms with Crippen molar-refractivity contribution in [3.05, 3.63) is 70.0 Å². The second-order valence-corrected chi connectivity index (χ2v) is 9.48. The molecule has 0 aliphatic carbocycles. The molecule has 0 aliphatic rings. The molecule has 2 aromatic carbocycles. The van der Waals surface area contributed by atoms with Gasteiger partial charge >= 0.3 is 5.97 Å². The summed E-state index contributed by atoms with van der Waals surface area (Å²) < 4.78 is 20.0. The number of aromatic hydroxyl groups is 1. The van der Waals surface area contributed by atoms with Gasteiger partial charge in [0.15, 0.2) is 0 Å². The van der Waals surface area contributed by atoms with Crippen LogP contribution in [-0.2, 0) is 20.4 Å². The minimum absolute atomic E-state index is 0.0879. The van der Waals surface area contributed by atoms with Crippen molar-refractivity contribution in [2.24, 2.45) is 0 Å². The SMILES string of the molecule is CCOC(=O)C(C#N)=C(c1cc(C(C)(C)C)c(O)c(C(C)(C)C)c1)c1ccccc1F. The van der Waals surface area contributed by atoms with Crippen LogP contribution in [0.3, 0.4) is 0 Å². The molecule has 0 fully saturated rings. The number of carbonyl (C=O) groups excluding carboxylic acids is 1. The van der Waals surface area contributed by atoms with Gasteiger partial charge in [0.1, 0.15) is 23.2 Å². The molecule has 0 radical (unpaired) electrons. The Hall–Kier alpha value is -3.13. The van der Waals surface area contributed by atoms with Crippen molar-refractivity contribution in [3.63, 3.8) is 0 Å². The van der Waals surface area contributed by atoms with E-state index in [2.05, 4.69) is 0 Å². The fourth-order valence-corrected chi connectivity index (χ4v) is 3.43. The van der Waals surface area contributed by atoms with E-state index in [1.54, 1.807) is 31.2 Å². The number of carbonyl (C=O) groups is 1. The molecule has 0 saturated heterocycles. The number of benzene rings is 2. The van der Waals surface area contributed by atoms with Crippen LogP contribution < -0.4 is 0 Å². The van der Waals surface area contributed by atoms with Crippen molar-refractivity contribution in [1.82, 2.24) is 0 Å². The average Bonchev–Trinajstić information content (AvgIpc) is 2.65. The normalized spacial score (nSPS) is 12.7. The lowest BCUT2D eigenvalue weighted by Gasteiger charge is -2.29. The first kappa shape index (κ1) is 24.1. The molecule has 5 heteroatoms. The van der Waals surface area contributed by atoms with Crippen molar-refractivity contribution in [1.29, 1.82) is 5.26 Å². The van der Waals surface area contributed by atoms with Gasteiger partial charge < -0.3 is 9.84 Å². The Labute approximate surface area is 184 Å². The van der Waals surface area contributed by atoms with Crippen LogP contribution in [-0.4, -0.2) is 17.7 Å². The lowest BCUT2D eigenvalue weighted by molar-refractivity contribution is -0.137. The van der Waals surface area contributed by atoms with Crippen LogP contribution in [0.5, 0.6) is 5.75 Å². The summed E-state index contributed by atoms with van der Waals surface area (Å²) in [6, 6.07) is 11.4. The number of ether oxygens (including phenoxy) is 1. The van der Waals surface area contributed by atoms with Gasteiger partial charge in [-0.25, -0.2) is 9.18 Å². The molecule has 0 saturated carbocycles. The summed E-state index contributed by atoms with van der Waals surface area (Å²) in [5.74, 6) is -1.21. The quantitative estimate of drug-likeness (QED) is 0.371. The topological polar surface area (TPSA) is 70.3 Å². The first-order valence-electron chi connectivity index (χ1n) is 10.3. The summed E-state index contributed by atoms with van der Waals surface area (Å²) in [5.41, 5.74) is 0.885. The lowest BCUT2D eigenvalue weighted by Crippen LogP contribution is -2.18. The zero-order chi connectivity index (χ0) is 23.6. The number of phenolic OH excluding ortho intramolecular Hbond substituents is 1. The van der Waals surface area contributed by atoms with Crippen molar-refractivity contribution in [2.45, 2.75) is 59.3 Å². The number of hydrogen-bond acceptors (Lipinski definition) is 4. The molecule has 0 atom stereocenters. The van der Waals surface area contributed by atoms with Gasteiger partial charge in [-0.15, -0.1) is 0 Å². The molecule has 0 bridgehead atoms. The predicted octanol–water partition coefficient (Wildman–Crippen LogP) is 6.01. The van der Waals surface area contributed by atoms with Gasteiger partial charge in [0, 0.05) is 22.3 Å². The summed E-state index contributed by atoms with van der Waals surface area (Å²) in [6.07, 6.45) is 0.